The van der Waals surface area contributed by atoms with Crippen LogP contribution in [0.25, 0.3) is 0 Å². The molecule has 1 aliphatic rings. The number of allylic oxidation sites excluding steroid dienone is 20. The molecule has 6 atom stereocenters. The first-order valence-corrected chi connectivity index (χ1v) is 23.6. The van der Waals surface area contributed by atoms with Gasteiger partial charge in [-0.05, 0) is 89.9 Å². The highest BCUT2D eigenvalue weighted by Crippen LogP contribution is 2.23. The first-order valence-electron chi connectivity index (χ1n) is 23.6. The highest BCUT2D eigenvalue weighted by atomic mass is 16.7. The summed E-state index contributed by atoms with van der Waals surface area (Å²) < 4.78 is 21.7. The van der Waals surface area contributed by atoms with Crippen LogP contribution in [0.4, 0.5) is 0 Å². The highest BCUT2D eigenvalue weighted by Gasteiger charge is 2.47. The molecule has 0 spiro atoms. The molecule has 0 bridgehead atoms. The Bertz CT molecular complexity index is 1520. The van der Waals surface area contributed by atoms with Gasteiger partial charge in [-0.2, -0.15) is 0 Å². The Morgan fingerprint density at radius 1 is 0.484 bits per heavy atom. The van der Waals surface area contributed by atoms with Gasteiger partial charge in [-0.25, -0.2) is 4.79 Å². The maximum Gasteiger partial charge on any atom is 0.335 e. The number of carboxylic acid groups (broad SMARTS) is 1. The zero-order valence-electron chi connectivity index (χ0n) is 38.7. The number of aliphatic hydroxyl groups excluding tert-OH is 3. The van der Waals surface area contributed by atoms with Crippen LogP contribution in [0, 0.1) is 0 Å². The number of esters is 2. The first-order chi connectivity index (χ1) is 31.2. The molecule has 1 aliphatic heterocycles. The topological polar surface area (TPSA) is 169 Å². The Balaban J connectivity index is 2.43. The van der Waals surface area contributed by atoms with Crippen molar-refractivity contribution in [1.82, 2.24) is 0 Å². The molecule has 0 radical (unpaired) electrons. The van der Waals surface area contributed by atoms with Crippen molar-refractivity contribution < 1.29 is 53.8 Å². The molecule has 4 N–H and O–H groups in total. The summed E-state index contributed by atoms with van der Waals surface area (Å²) in [6.45, 7) is 3.49. The van der Waals surface area contributed by atoms with Crippen LogP contribution in [0.1, 0.15) is 142 Å². The van der Waals surface area contributed by atoms with E-state index in [1.807, 2.05) is 12.2 Å². The molecule has 0 aliphatic carbocycles. The normalized spacial score (nSPS) is 20.4. The van der Waals surface area contributed by atoms with Gasteiger partial charge in [0.2, 0.25) is 0 Å². The number of aliphatic carboxylic acids is 1. The van der Waals surface area contributed by atoms with Crippen LogP contribution in [-0.2, 0) is 33.3 Å². The summed E-state index contributed by atoms with van der Waals surface area (Å²) in [5.41, 5.74) is 0. The van der Waals surface area contributed by atoms with Crippen LogP contribution in [-0.4, -0.2) is 88.4 Å². The largest absolute Gasteiger partial charge is 0.479 e. The molecule has 0 saturated carbocycles. The lowest BCUT2D eigenvalue weighted by Gasteiger charge is -2.38. The standard InChI is InChI=1S/C53H80O11/c1-3-5-7-9-11-13-15-17-19-21-23-25-27-29-31-33-35-37-39-41-46(54)61-43-45(44-62-53-50(58)48(56)49(57)51(64-53)52(59)60)63-47(55)42-40-38-36-34-32-30-28-26-24-22-20-18-16-14-12-10-8-6-4-2/h5-8,11-14,17-20,23-26,29,31,35,37,45,48-51,53,56-58H,3-4,9-10,15-16,21-22,27-28,30,32-34,36,38-44H2,1-2H3,(H,59,60)/b7-5-,8-6-,13-11-,14-12-,19-17-,20-18-,25-23-,26-24-,31-29-,37-35-. The summed E-state index contributed by atoms with van der Waals surface area (Å²) >= 11 is 0. The van der Waals surface area contributed by atoms with E-state index in [-0.39, 0.29) is 19.4 Å². The average molecular weight is 893 g/mol. The summed E-state index contributed by atoms with van der Waals surface area (Å²) in [6, 6.07) is 0. The van der Waals surface area contributed by atoms with E-state index in [1.165, 1.54) is 0 Å². The van der Waals surface area contributed by atoms with E-state index >= 15 is 0 Å². The van der Waals surface area contributed by atoms with E-state index in [0.29, 0.717) is 12.8 Å². The number of carbonyl (C=O) groups excluding carboxylic acids is 2. The van der Waals surface area contributed by atoms with Crippen molar-refractivity contribution in [2.75, 3.05) is 13.2 Å². The molecule has 0 amide bonds. The van der Waals surface area contributed by atoms with Gasteiger partial charge >= 0.3 is 17.9 Å². The Kier molecular flexibility index (Phi) is 37.2. The molecular formula is C53H80O11. The number of hydrogen-bond acceptors (Lipinski definition) is 10. The van der Waals surface area contributed by atoms with Crippen molar-refractivity contribution in [3.05, 3.63) is 122 Å². The maximum absolute atomic E-state index is 12.8. The lowest BCUT2D eigenvalue weighted by atomic mass is 9.99. The third-order valence-corrected chi connectivity index (χ3v) is 9.82. The van der Waals surface area contributed by atoms with Crippen LogP contribution in [0.2, 0.25) is 0 Å². The third kappa shape index (κ3) is 32.3. The summed E-state index contributed by atoms with van der Waals surface area (Å²) in [4.78, 5) is 36.9. The molecule has 1 heterocycles. The maximum atomic E-state index is 12.8. The Hall–Kier alpha value is -4.39. The summed E-state index contributed by atoms with van der Waals surface area (Å²) in [6.07, 6.45) is 49.7. The summed E-state index contributed by atoms with van der Waals surface area (Å²) in [5, 5.41) is 39.9. The lowest BCUT2D eigenvalue weighted by Crippen LogP contribution is -2.60. The monoisotopic (exact) mass is 893 g/mol. The van der Waals surface area contributed by atoms with E-state index < -0.39 is 61.3 Å². The van der Waals surface area contributed by atoms with Crippen molar-refractivity contribution in [1.29, 1.82) is 0 Å². The third-order valence-electron chi connectivity index (χ3n) is 9.82. The lowest BCUT2D eigenvalue weighted by molar-refractivity contribution is -0.298. The quantitative estimate of drug-likeness (QED) is 0.0266. The van der Waals surface area contributed by atoms with Gasteiger partial charge in [-0.1, -0.05) is 161 Å². The summed E-state index contributed by atoms with van der Waals surface area (Å²) in [5.74, 6) is -2.59. The second-order valence-corrected chi connectivity index (χ2v) is 15.5. The Morgan fingerprint density at radius 3 is 1.38 bits per heavy atom. The molecule has 1 fully saturated rings. The molecule has 11 heteroatoms. The number of carboxylic acids is 1. The smallest absolute Gasteiger partial charge is 0.335 e. The zero-order chi connectivity index (χ0) is 46.7. The van der Waals surface area contributed by atoms with Crippen molar-refractivity contribution in [2.24, 2.45) is 0 Å². The molecule has 1 saturated heterocycles. The fourth-order valence-electron chi connectivity index (χ4n) is 6.19. The van der Waals surface area contributed by atoms with Crippen molar-refractivity contribution in [3.8, 4) is 0 Å². The van der Waals surface area contributed by atoms with Gasteiger partial charge < -0.3 is 39.4 Å². The van der Waals surface area contributed by atoms with Crippen LogP contribution in [0.15, 0.2) is 122 Å². The van der Waals surface area contributed by atoms with Crippen LogP contribution >= 0.6 is 0 Å². The molecule has 358 valence electrons. The fraction of sp³-hybridized carbons (Fsp3) is 0.566. The SMILES string of the molecule is CC/C=C\C/C=C\C/C=C\C/C=C\C/C=C\C/C=C\CCC(=O)OCC(COC1OC(C(=O)O)C(O)C(O)C1O)OC(=O)CCCCCCCC/C=C\C/C=C\C/C=C\C/C=C\CC. The van der Waals surface area contributed by atoms with Crippen molar-refractivity contribution in [3.63, 3.8) is 0 Å². The molecule has 0 aromatic carbocycles. The van der Waals surface area contributed by atoms with Crippen molar-refractivity contribution in [2.45, 2.75) is 179 Å². The van der Waals surface area contributed by atoms with Gasteiger partial charge in [0, 0.05) is 12.8 Å². The average Bonchev–Trinajstić information content (AvgIpc) is 3.28. The molecular weight excluding hydrogens is 813 g/mol. The molecule has 0 aromatic heterocycles. The second kappa shape index (κ2) is 41.3. The minimum atomic E-state index is -1.88. The van der Waals surface area contributed by atoms with Crippen LogP contribution < -0.4 is 0 Å². The molecule has 64 heavy (non-hydrogen) atoms. The second-order valence-electron chi connectivity index (χ2n) is 15.5. The summed E-state index contributed by atoms with van der Waals surface area (Å²) in [7, 11) is 0. The predicted molar refractivity (Wildman–Crippen MR) is 256 cm³/mol. The zero-order valence-corrected chi connectivity index (χ0v) is 38.7. The van der Waals surface area contributed by atoms with Gasteiger partial charge in [0.1, 0.15) is 24.9 Å². The number of unbranched alkanes of at least 4 members (excludes halogenated alkanes) is 6. The molecule has 6 unspecified atom stereocenters. The van der Waals surface area contributed by atoms with E-state index in [1.54, 1.807) is 0 Å². The molecule has 11 nitrogen and oxygen atoms in total. The van der Waals surface area contributed by atoms with Gasteiger partial charge in [-0.3, -0.25) is 9.59 Å². The minimum absolute atomic E-state index is 0.0992. The number of hydrogen-bond donors (Lipinski definition) is 4. The number of aliphatic hydroxyl groups is 3. The Morgan fingerprint density at radius 2 is 0.906 bits per heavy atom. The van der Waals surface area contributed by atoms with Crippen LogP contribution in [0.5, 0.6) is 0 Å². The molecule has 1 rings (SSSR count). The van der Waals surface area contributed by atoms with Crippen molar-refractivity contribution >= 4 is 17.9 Å². The van der Waals surface area contributed by atoms with E-state index in [0.717, 1.165) is 103 Å². The fourth-order valence-corrected chi connectivity index (χ4v) is 6.19. The number of carbonyl (C=O) groups is 3. The van der Waals surface area contributed by atoms with Gasteiger partial charge in [0.15, 0.2) is 18.5 Å². The first kappa shape index (κ1) is 57.6. The Labute approximate surface area is 384 Å². The molecule has 0 aromatic rings. The predicted octanol–water partition coefficient (Wildman–Crippen LogP) is 10.8. The number of rotatable bonds is 37. The van der Waals surface area contributed by atoms with E-state index in [4.69, 9.17) is 18.9 Å². The van der Waals surface area contributed by atoms with Crippen LogP contribution in [0.3, 0.4) is 0 Å². The van der Waals surface area contributed by atoms with E-state index in [2.05, 4.69) is 123 Å². The van der Waals surface area contributed by atoms with Gasteiger partial charge in [-0.15, -0.1) is 0 Å². The minimum Gasteiger partial charge on any atom is -0.479 e. The van der Waals surface area contributed by atoms with Gasteiger partial charge in [0.05, 0.1) is 6.61 Å². The van der Waals surface area contributed by atoms with E-state index in [9.17, 15) is 34.8 Å². The van der Waals surface area contributed by atoms with Gasteiger partial charge in [0.25, 0.3) is 0 Å². The number of ether oxygens (including phenoxy) is 4. The highest BCUT2D eigenvalue weighted by molar-refractivity contribution is 5.73.